The second-order valence-corrected chi connectivity index (χ2v) is 7.11. The van der Waals surface area contributed by atoms with Gasteiger partial charge in [-0.15, -0.1) is 0 Å². The number of rotatable bonds is 8. The summed E-state index contributed by atoms with van der Waals surface area (Å²) in [6.07, 6.45) is 0. The summed E-state index contributed by atoms with van der Waals surface area (Å²) in [6.45, 7) is 3.19. The third-order valence-electron chi connectivity index (χ3n) is 3.09. The number of amides is 1. The molecular formula is C18H21NO2Se. The molecule has 2 aromatic carbocycles. The molecule has 116 valence electrons. The zero-order valence-corrected chi connectivity index (χ0v) is 14.4. The molecule has 1 amide bonds. The molecule has 0 unspecified atom stereocenters. The van der Waals surface area contributed by atoms with Crippen molar-refractivity contribution in [2.45, 2.75) is 18.3 Å². The van der Waals surface area contributed by atoms with E-state index in [0.29, 0.717) is 33.7 Å². The molecule has 0 aliphatic heterocycles. The first-order valence-electron chi connectivity index (χ1n) is 7.41. The van der Waals surface area contributed by atoms with Gasteiger partial charge >= 0.3 is 138 Å². The molecule has 1 N–H and O–H groups in total. The Bertz CT molecular complexity index is 560. The van der Waals surface area contributed by atoms with Crippen molar-refractivity contribution >= 4 is 25.3 Å². The Morgan fingerprint density at radius 2 is 1.73 bits per heavy atom. The quantitative estimate of drug-likeness (QED) is 0.732. The standard InChI is InChI=1S/C18H21NO2Se/c1-2-21-13-16(14-22-17-11-7-4-8-12-17)19-18(20)15-9-5-3-6-10-15/h3-12,16H,2,13-14H2,1H3,(H,19,20)/t16-/m1/s1. The van der Waals surface area contributed by atoms with Crippen LogP contribution in [0, 0.1) is 0 Å². The van der Waals surface area contributed by atoms with Gasteiger partial charge in [0.25, 0.3) is 0 Å². The van der Waals surface area contributed by atoms with Crippen molar-refractivity contribution in [1.29, 1.82) is 0 Å². The average Bonchev–Trinajstić information content (AvgIpc) is 2.59. The number of benzene rings is 2. The zero-order valence-electron chi connectivity index (χ0n) is 12.7. The van der Waals surface area contributed by atoms with Gasteiger partial charge in [0.05, 0.1) is 0 Å². The molecule has 0 saturated heterocycles. The van der Waals surface area contributed by atoms with Gasteiger partial charge in [-0.05, 0) is 0 Å². The van der Waals surface area contributed by atoms with E-state index in [-0.39, 0.29) is 11.9 Å². The molecule has 0 aliphatic rings. The van der Waals surface area contributed by atoms with Crippen molar-refractivity contribution in [3.05, 3.63) is 66.2 Å². The molecule has 0 spiro atoms. The van der Waals surface area contributed by atoms with Crippen molar-refractivity contribution in [2.75, 3.05) is 13.2 Å². The van der Waals surface area contributed by atoms with E-state index in [9.17, 15) is 4.79 Å². The van der Waals surface area contributed by atoms with E-state index < -0.39 is 0 Å². The predicted octanol–water partition coefficient (Wildman–Crippen LogP) is 2.27. The second kappa shape index (κ2) is 9.42. The van der Waals surface area contributed by atoms with Crippen LogP contribution in [-0.2, 0) is 4.74 Å². The fourth-order valence-corrected chi connectivity index (χ4v) is 3.90. The SMILES string of the molecule is CCOC[C@H](C[Se]c1ccccc1)NC(=O)c1ccccc1. The summed E-state index contributed by atoms with van der Waals surface area (Å²) in [5.74, 6) is -0.0332. The number of nitrogens with one attached hydrogen (secondary N) is 1. The van der Waals surface area contributed by atoms with Crippen LogP contribution >= 0.6 is 0 Å². The normalized spacial score (nSPS) is 11.9. The minimum absolute atomic E-state index is 0.0332. The van der Waals surface area contributed by atoms with E-state index in [1.54, 1.807) is 0 Å². The molecule has 0 fully saturated rings. The average molecular weight is 362 g/mol. The number of hydrogen-bond donors (Lipinski definition) is 1. The Morgan fingerprint density at radius 1 is 1.09 bits per heavy atom. The molecule has 0 heterocycles. The molecule has 2 rings (SSSR count). The Balaban J connectivity index is 1.92. The summed E-state index contributed by atoms with van der Waals surface area (Å²) in [5, 5.41) is 4.02. The first-order valence-corrected chi connectivity index (χ1v) is 9.48. The first-order chi connectivity index (χ1) is 10.8. The molecule has 22 heavy (non-hydrogen) atoms. The topological polar surface area (TPSA) is 38.3 Å². The molecule has 0 saturated carbocycles. The summed E-state index contributed by atoms with van der Waals surface area (Å²) in [4.78, 5) is 12.3. The maximum absolute atomic E-state index is 12.3. The number of carbonyl (C=O) groups excluding carboxylic acids is 1. The number of hydrogen-bond acceptors (Lipinski definition) is 2. The van der Waals surface area contributed by atoms with Gasteiger partial charge in [0.15, 0.2) is 0 Å². The fraction of sp³-hybridized carbons (Fsp3) is 0.278. The van der Waals surface area contributed by atoms with E-state index in [0.717, 1.165) is 5.32 Å². The Hall–Kier alpha value is -1.61. The Labute approximate surface area is 138 Å². The Kier molecular flexibility index (Phi) is 7.17. The van der Waals surface area contributed by atoms with Crippen molar-refractivity contribution in [3.8, 4) is 0 Å². The molecule has 4 heteroatoms. The van der Waals surface area contributed by atoms with Gasteiger partial charge in [-0.2, -0.15) is 0 Å². The van der Waals surface area contributed by atoms with Crippen LogP contribution < -0.4 is 9.78 Å². The van der Waals surface area contributed by atoms with E-state index in [1.807, 2.05) is 43.3 Å². The predicted molar refractivity (Wildman–Crippen MR) is 90.8 cm³/mol. The van der Waals surface area contributed by atoms with Crippen molar-refractivity contribution in [3.63, 3.8) is 0 Å². The number of carbonyl (C=O) groups is 1. The van der Waals surface area contributed by atoms with Gasteiger partial charge in [0.1, 0.15) is 0 Å². The second-order valence-electron chi connectivity index (χ2n) is 4.82. The van der Waals surface area contributed by atoms with Crippen LogP contribution in [0.15, 0.2) is 60.7 Å². The number of ether oxygens (including phenoxy) is 1. The Morgan fingerprint density at radius 3 is 2.36 bits per heavy atom. The monoisotopic (exact) mass is 363 g/mol. The summed E-state index contributed by atoms with van der Waals surface area (Å²) in [6, 6.07) is 19.8. The maximum atomic E-state index is 12.3. The summed E-state index contributed by atoms with van der Waals surface area (Å²) in [5.41, 5.74) is 0.691. The van der Waals surface area contributed by atoms with E-state index in [1.165, 1.54) is 4.46 Å². The molecule has 3 nitrogen and oxygen atoms in total. The minimum atomic E-state index is -0.0332. The van der Waals surface area contributed by atoms with Crippen LogP contribution in [0.4, 0.5) is 0 Å². The van der Waals surface area contributed by atoms with Crippen LogP contribution in [0.1, 0.15) is 17.3 Å². The van der Waals surface area contributed by atoms with Crippen LogP contribution in [0.25, 0.3) is 0 Å². The zero-order chi connectivity index (χ0) is 15.6. The van der Waals surface area contributed by atoms with Crippen LogP contribution in [0.2, 0.25) is 5.32 Å². The van der Waals surface area contributed by atoms with Gasteiger partial charge in [0, 0.05) is 0 Å². The molecular weight excluding hydrogens is 341 g/mol. The van der Waals surface area contributed by atoms with E-state index in [2.05, 4.69) is 29.6 Å². The molecule has 2 aromatic rings. The molecule has 0 aromatic heterocycles. The molecule has 0 radical (unpaired) electrons. The fourth-order valence-electron chi connectivity index (χ4n) is 1.96. The molecule has 0 bridgehead atoms. The van der Waals surface area contributed by atoms with E-state index in [4.69, 9.17) is 4.74 Å². The van der Waals surface area contributed by atoms with E-state index >= 15 is 0 Å². The van der Waals surface area contributed by atoms with Gasteiger partial charge in [0.2, 0.25) is 0 Å². The van der Waals surface area contributed by atoms with Crippen molar-refractivity contribution in [1.82, 2.24) is 5.32 Å². The summed E-state index contributed by atoms with van der Waals surface area (Å²) in [7, 11) is 0. The van der Waals surface area contributed by atoms with Gasteiger partial charge < -0.3 is 0 Å². The van der Waals surface area contributed by atoms with Gasteiger partial charge in [-0.1, -0.05) is 0 Å². The third-order valence-corrected chi connectivity index (χ3v) is 5.55. The van der Waals surface area contributed by atoms with Gasteiger partial charge in [-0.25, -0.2) is 0 Å². The third kappa shape index (κ3) is 5.64. The summed E-state index contributed by atoms with van der Waals surface area (Å²) >= 11 is 0.326. The molecule has 1 atom stereocenters. The first kappa shape index (κ1) is 16.8. The van der Waals surface area contributed by atoms with Crippen LogP contribution in [0.3, 0.4) is 0 Å². The van der Waals surface area contributed by atoms with Crippen molar-refractivity contribution in [2.24, 2.45) is 0 Å². The van der Waals surface area contributed by atoms with Gasteiger partial charge in [-0.3, -0.25) is 0 Å². The van der Waals surface area contributed by atoms with Crippen LogP contribution in [0.5, 0.6) is 0 Å². The molecule has 0 aliphatic carbocycles. The van der Waals surface area contributed by atoms with Crippen molar-refractivity contribution < 1.29 is 9.53 Å². The summed E-state index contributed by atoms with van der Waals surface area (Å²) < 4.78 is 6.85. The van der Waals surface area contributed by atoms with Crippen LogP contribution in [-0.4, -0.2) is 40.1 Å².